The predicted octanol–water partition coefficient (Wildman–Crippen LogP) is 3.95. The first-order valence-electron chi connectivity index (χ1n) is 9.02. The Morgan fingerprint density at radius 3 is 2.50 bits per heavy atom. The minimum Gasteiger partial charge on any atom is -0.233 e. The molecule has 0 amide bonds. The summed E-state index contributed by atoms with van der Waals surface area (Å²) < 4.78 is 1.99. The van der Waals surface area contributed by atoms with Gasteiger partial charge in [0, 0.05) is 17.2 Å². The van der Waals surface area contributed by atoms with Gasteiger partial charge in [0.05, 0.1) is 5.69 Å². The summed E-state index contributed by atoms with van der Waals surface area (Å²) in [6, 6.07) is 4.33. The lowest BCUT2D eigenvalue weighted by molar-refractivity contribution is -0.00718. The van der Waals surface area contributed by atoms with Crippen molar-refractivity contribution in [3.8, 4) is 0 Å². The zero-order valence-electron chi connectivity index (χ0n) is 13.4. The third kappa shape index (κ3) is 1.80. The summed E-state index contributed by atoms with van der Waals surface area (Å²) in [5, 5.41) is 4.35. The van der Waals surface area contributed by atoms with E-state index in [1.165, 1.54) is 49.9 Å². The summed E-state index contributed by atoms with van der Waals surface area (Å²) in [7, 11) is 0. The van der Waals surface area contributed by atoms with Gasteiger partial charge in [-0.15, -0.1) is 0 Å². The molecule has 22 heavy (non-hydrogen) atoms. The fourth-order valence-electron chi connectivity index (χ4n) is 6.05. The summed E-state index contributed by atoms with van der Waals surface area (Å²) in [4.78, 5) is 5.04. The van der Waals surface area contributed by atoms with Crippen molar-refractivity contribution in [1.29, 1.82) is 0 Å². The number of nitrogens with zero attached hydrogens (tertiary/aromatic N) is 3. The summed E-state index contributed by atoms with van der Waals surface area (Å²) in [5.41, 5.74) is 4.07. The molecule has 4 saturated carbocycles. The highest BCUT2D eigenvalue weighted by Gasteiger charge is 2.52. The lowest BCUT2D eigenvalue weighted by Crippen LogP contribution is -2.49. The molecule has 0 atom stereocenters. The SMILES string of the molecule is CCCc1cc(C23CC4CC(CC(C4)C2)C3)nc2c[c]nn12. The van der Waals surface area contributed by atoms with E-state index in [0.717, 1.165) is 36.2 Å². The third-order valence-corrected chi connectivity index (χ3v) is 6.47. The Labute approximate surface area is 132 Å². The fraction of sp³-hybridized carbons (Fsp3) is 0.684. The van der Waals surface area contributed by atoms with Gasteiger partial charge in [-0.25, -0.2) is 9.50 Å². The second-order valence-corrected chi connectivity index (χ2v) is 8.12. The Bertz CT molecular complexity index is 679. The number of rotatable bonds is 3. The predicted molar refractivity (Wildman–Crippen MR) is 85.7 cm³/mol. The maximum absolute atomic E-state index is 5.04. The van der Waals surface area contributed by atoms with E-state index in [2.05, 4.69) is 24.3 Å². The highest BCUT2D eigenvalue weighted by Crippen LogP contribution is 2.60. The molecule has 0 aromatic carbocycles. The van der Waals surface area contributed by atoms with E-state index in [9.17, 15) is 0 Å². The molecule has 4 fully saturated rings. The maximum Gasteiger partial charge on any atom is 0.156 e. The van der Waals surface area contributed by atoms with Crippen LogP contribution in [-0.2, 0) is 11.8 Å². The molecule has 1 radical (unpaired) electrons. The minimum absolute atomic E-state index is 0.378. The molecule has 2 aromatic heterocycles. The van der Waals surface area contributed by atoms with Crippen LogP contribution in [0.5, 0.6) is 0 Å². The van der Waals surface area contributed by atoms with Gasteiger partial charge in [-0.3, -0.25) is 0 Å². The zero-order valence-corrected chi connectivity index (χ0v) is 13.4. The molecule has 3 nitrogen and oxygen atoms in total. The van der Waals surface area contributed by atoms with Crippen LogP contribution in [-0.4, -0.2) is 14.6 Å². The molecular weight excluding hydrogens is 270 g/mol. The average molecular weight is 294 g/mol. The third-order valence-electron chi connectivity index (χ3n) is 6.47. The van der Waals surface area contributed by atoms with Gasteiger partial charge >= 0.3 is 0 Å². The van der Waals surface area contributed by atoms with Crippen LogP contribution in [0.25, 0.3) is 5.65 Å². The van der Waals surface area contributed by atoms with Gasteiger partial charge in [-0.2, -0.15) is 5.10 Å². The standard InChI is InChI=1S/C19H24N3/c1-2-3-16-9-17(21-18-4-5-20-22(16)18)19-10-13-6-14(11-19)8-15(7-13)12-19/h4,9,13-15H,2-3,6-8,10-12H2,1H3. The van der Waals surface area contributed by atoms with Crippen molar-refractivity contribution in [3.05, 3.63) is 29.7 Å². The summed E-state index contributed by atoms with van der Waals surface area (Å²) in [5.74, 6) is 2.90. The van der Waals surface area contributed by atoms with Crippen LogP contribution in [0.1, 0.15) is 63.3 Å². The molecule has 4 bridgehead atoms. The lowest BCUT2D eigenvalue weighted by Gasteiger charge is -2.56. The average Bonchev–Trinajstić information content (AvgIpc) is 2.94. The maximum atomic E-state index is 5.04. The Morgan fingerprint density at radius 1 is 1.18 bits per heavy atom. The summed E-state index contributed by atoms with van der Waals surface area (Å²) >= 11 is 0. The van der Waals surface area contributed by atoms with Crippen molar-refractivity contribution in [2.45, 2.75) is 63.7 Å². The molecule has 0 spiro atoms. The first-order valence-corrected chi connectivity index (χ1v) is 9.02. The van der Waals surface area contributed by atoms with E-state index >= 15 is 0 Å². The first-order chi connectivity index (χ1) is 10.8. The Hall–Kier alpha value is -1.38. The van der Waals surface area contributed by atoms with Crippen LogP contribution in [0.2, 0.25) is 0 Å². The van der Waals surface area contributed by atoms with E-state index in [1.54, 1.807) is 0 Å². The van der Waals surface area contributed by atoms with Crippen LogP contribution in [0.4, 0.5) is 0 Å². The van der Waals surface area contributed by atoms with Gasteiger partial charge in [0.1, 0.15) is 6.20 Å². The molecule has 0 saturated heterocycles. The molecule has 2 heterocycles. The quantitative estimate of drug-likeness (QED) is 0.858. The lowest BCUT2D eigenvalue weighted by atomic mass is 9.49. The highest BCUT2D eigenvalue weighted by molar-refractivity contribution is 5.41. The normalized spacial score (nSPS) is 36.3. The second-order valence-electron chi connectivity index (χ2n) is 8.12. The topological polar surface area (TPSA) is 30.2 Å². The van der Waals surface area contributed by atoms with Gasteiger partial charge in [0.2, 0.25) is 0 Å². The minimum atomic E-state index is 0.378. The molecular formula is C19H24N3. The molecule has 2 aromatic rings. The van der Waals surface area contributed by atoms with E-state index in [4.69, 9.17) is 4.98 Å². The zero-order chi connectivity index (χ0) is 14.7. The van der Waals surface area contributed by atoms with Gasteiger partial charge in [0.25, 0.3) is 0 Å². The smallest absolute Gasteiger partial charge is 0.156 e. The Balaban J connectivity index is 1.64. The van der Waals surface area contributed by atoms with Crippen molar-refractivity contribution >= 4 is 5.65 Å². The second kappa shape index (κ2) is 4.56. The van der Waals surface area contributed by atoms with Crippen molar-refractivity contribution in [2.24, 2.45) is 17.8 Å². The van der Waals surface area contributed by atoms with Gasteiger partial charge in [-0.1, -0.05) is 13.3 Å². The Kier molecular flexibility index (Phi) is 2.71. The largest absolute Gasteiger partial charge is 0.233 e. The van der Waals surface area contributed by atoms with Crippen LogP contribution in [0.15, 0.2) is 12.1 Å². The molecule has 4 aliphatic carbocycles. The van der Waals surface area contributed by atoms with Crippen molar-refractivity contribution in [1.82, 2.24) is 14.6 Å². The van der Waals surface area contributed by atoms with Crippen molar-refractivity contribution < 1.29 is 0 Å². The first kappa shape index (κ1) is 13.1. The molecule has 6 rings (SSSR count). The van der Waals surface area contributed by atoms with Crippen molar-refractivity contribution in [3.63, 3.8) is 0 Å². The van der Waals surface area contributed by atoms with Crippen molar-refractivity contribution in [2.75, 3.05) is 0 Å². The number of hydrogen-bond donors (Lipinski definition) is 0. The van der Waals surface area contributed by atoms with E-state index in [1.807, 2.05) is 10.6 Å². The van der Waals surface area contributed by atoms with Gasteiger partial charge in [0.15, 0.2) is 5.65 Å². The van der Waals surface area contributed by atoms with E-state index < -0.39 is 0 Å². The van der Waals surface area contributed by atoms with E-state index in [0.29, 0.717) is 5.41 Å². The van der Waals surface area contributed by atoms with E-state index in [-0.39, 0.29) is 0 Å². The molecule has 4 aliphatic rings. The fourth-order valence-corrected chi connectivity index (χ4v) is 6.05. The van der Waals surface area contributed by atoms with Crippen LogP contribution < -0.4 is 0 Å². The number of hydrogen-bond acceptors (Lipinski definition) is 2. The molecule has 115 valence electrons. The molecule has 0 unspecified atom stereocenters. The molecule has 0 N–H and O–H groups in total. The monoisotopic (exact) mass is 294 g/mol. The van der Waals surface area contributed by atoms with Crippen LogP contribution in [0, 0.1) is 24.0 Å². The Morgan fingerprint density at radius 2 is 1.86 bits per heavy atom. The van der Waals surface area contributed by atoms with Gasteiger partial charge in [-0.05, 0) is 68.8 Å². The van der Waals surface area contributed by atoms with Gasteiger partial charge < -0.3 is 0 Å². The highest BCUT2D eigenvalue weighted by atomic mass is 15.2. The summed E-state index contributed by atoms with van der Waals surface area (Å²) in [6.45, 7) is 2.24. The summed E-state index contributed by atoms with van der Waals surface area (Å²) in [6.07, 6.45) is 13.8. The molecule has 0 aliphatic heterocycles. The molecule has 3 heteroatoms. The van der Waals surface area contributed by atoms with Crippen LogP contribution in [0.3, 0.4) is 0 Å². The number of aromatic nitrogens is 3. The number of fused-ring (bicyclic) bond motifs is 1. The number of aryl methyl sites for hydroxylation is 1. The van der Waals surface area contributed by atoms with Crippen LogP contribution >= 0.6 is 0 Å².